The summed E-state index contributed by atoms with van der Waals surface area (Å²) in [6.07, 6.45) is 3.27. The first-order valence-electron chi connectivity index (χ1n) is 6.74. The van der Waals surface area contributed by atoms with Crippen LogP contribution in [0.25, 0.3) is 11.4 Å². The summed E-state index contributed by atoms with van der Waals surface area (Å²) >= 11 is 6.01. The van der Waals surface area contributed by atoms with Gasteiger partial charge in [0.2, 0.25) is 0 Å². The molecule has 1 aromatic carbocycles. The first-order chi connectivity index (χ1) is 11.1. The van der Waals surface area contributed by atoms with Crippen LogP contribution in [0.3, 0.4) is 0 Å². The van der Waals surface area contributed by atoms with Gasteiger partial charge in [-0.05, 0) is 30.3 Å². The molecule has 0 radical (unpaired) electrons. The van der Waals surface area contributed by atoms with Gasteiger partial charge in [0, 0.05) is 35.3 Å². The molecule has 0 atom stereocenters. The summed E-state index contributed by atoms with van der Waals surface area (Å²) in [7, 11) is 0. The molecule has 0 saturated carbocycles. The van der Waals surface area contributed by atoms with E-state index in [9.17, 15) is 4.79 Å². The number of benzene rings is 1. The first kappa shape index (κ1) is 14.9. The van der Waals surface area contributed by atoms with Gasteiger partial charge in [-0.3, -0.25) is 9.78 Å². The Morgan fingerprint density at radius 1 is 1.13 bits per heavy atom. The lowest BCUT2D eigenvalue weighted by Crippen LogP contribution is -2.13. The zero-order valence-electron chi connectivity index (χ0n) is 11.9. The highest BCUT2D eigenvalue weighted by Gasteiger charge is 2.10. The zero-order chi connectivity index (χ0) is 16.2. The van der Waals surface area contributed by atoms with Gasteiger partial charge in [0.1, 0.15) is 11.0 Å². The quantitative estimate of drug-likeness (QED) is 0.570. The third kappa shape index (κ3) is 3.61. The van der Waals surface area contributed by atoms with Gasteiger partial charge in [-0.1, -0.05) is 17.7 Å². The van der Waals surface area contributed by atoms with Crippen molar-refractivity contribution in [1.82, 2.24) is 15.0 Å². The first-order valence-corrected chi connectivity index (χ1v) is 7.11. The van der Waals surface area contributed by atoms with E-state index in [1.165, 1.54) is 6.07 Å². The standard InChI is InChI=1S/C16H12ClN5O/c17-13-8-14(21-15(20-13)11-4-2-6-19-9-11)22-16(23)10-3-1-5-12(18)7-10/h1-9H,18H2,(H,20,21,22,23). The highest BCUT2D eigenvalue weighted by atomic mass is 35.5. The number of hydrogen-bond donors (Lipinski definition) is 2. The van der Waals surface area contributed by atoms with Gasteiger partial charge >= 0.3 is 0 Å². The fourth-order valence-corrected chi connectivity index (χ4v) is 2.16. The number of nitrogens with zero attached hydrogens (tertiary/aromatic N) is 3. The van der Waals surface area contributed by atoms with Crippen molar-refractivity contribution < 1.29 is 4.79 Å². The third-order valence-corrected chi connectivity index (χ3v) is 3.20. The van der Waals surface area contributed by atoms with E-state index in [4.69, 9.17) is 17.3 Å². The van der Waals surface area contributed by atoms with E-state index in [0.717, 1.165) is 0 Å². The fourth-order valence-electron chi connectivity index (χ4n) is 1.97. The Morgan fingerprint density at radius 3 is 2.74 bits per heavy atom. The van der Waals surface area contributed by atoms with Crippen molar-refractivity contribution in [2.75, 3.05) is 11.1 Å². The summed E-state index contributed by atoms with van der Waals surface area (Å²) in [4.78, 5) is 24.7. The SMILES string of the molecule is Nc1cccc(C(=O)Nc2cc(Cl)nc(-c3cccnc3)n2)c1. The van der Waals surface area contributed by atoms with Gasteiger partial charge in [0.15, 0.2) is 5.82 Å². The molecule has 0 aliphatic heterocycles. The van der Waals surface area contributed by atoms with Crippen LogP contribution in [0.2, 0.25) is 5.15 Å². The average Bonchev–Trinajstić information content (AvgIpc) is 2.55. The average molecular weight is 326 g/mol. The second-order valence-electron chi connectivity index (χ2n) is 4.72. The molecule has 0 saturated heterocycles. The maximum atomic E-state index is 12.2. The molecule has 3 rings (SSSR count). The maximum absolute atomic E-state index is 12.2. The molecule has 0 aliphatic rings. The van der Waals surface area contributed by atoms with Crippen LogP contribution in [0.1, 0.15) is 10.4 Å². The van der Waals surface area contributed by atoms with Crippen molar-refractivity contribution in [3.63, 3.8) is 0 Å². The number of pyridine rings is 1. The van der Waals surface area contributed by atoms with E-state index in [-0.39, 0.29) is 11.1 Å². The van der Waals surface area contributed by atoms with Crippen LogP contribution in [-0.4, -0.2) is 20.9 Å². The second-order valence-corrected chi connectivity index (χ2v) is 5.11. The number of nitrogen functional groups attached to an aromatic ring is 1. The number of nitrogens with one attached hydrogen (secondary N) is 1. The molecule has 0 spiro atoms. The summed E-state index contributed by atoms with van der Waals surface area (Å²) in [6, 6.07) is 11.7. The van der Waals surface area contributed by atoms with Gasteiger partial charge in [-0.2, -0.15) is 0 Å². The van der Waals surface area contributed by atoms with Gasteiger partial charge in [-0.15, -0.1) is 0 Å². The molecule has 1 amide bonds. The lowest BCUT2D eigenvalue weighted by molar-refractivity contribution is 0.102. The Balaban J connectivity index is 1.89. The predicted octanol–water partition coefficient (Wildman–Crippen LogP) is 3.03. The Bertz CT molecular complexity index is 854. The number of hydrogen-bond acceptors (Lipinski definition) is 5. The maximum Gasteiger partial charge on any atom is 0.256 e. The van der Waals surface area contributed by atoms with Gasteiger partial charge < -0.3 is 11.1 Å². The van der Waals surface area contributed by atoms with Crippen LogP contribution in [0.15, 0.2) is 54.9 Å². The van der Waals surface area contributed by atoms with Gasteiger partial charge in [0.25, 0.3) is 5.91 Å². The van der Waals surface area contributed by atoms with Crippen LogP contribution < -0.4 is 11.1 Å². The number of anilines is 2. The molecule has 3 N–H and O–H groups in total. The number of rotatable bonds is 3. The minimum Gasteiger partial charge on any atom is -0.399 e. The molecular formula is C16H12ClN5O. The molecule has 3 aromatic rings. The number of halogens is 1. The second kappa shape index (κ2) is 6.41. The molecule has 6 nitrogen and oxygen atoms in total. The van der Waals surface area contributed by atoms with Crippen LogP contribution in [0.4, 0.5) is 11.5 Å². The van der Waals surface area contributed by atoms with Gasteiger partial charge in [0.05, 0.1) is 0 Å². The van der Waals surface area contributed by atoms with Crippen molar-refractivity contribution in [2.24, 2.45) is 0 Å². The lowest BCUT2D eigenvalue weighted by Gasteiger charge is -2.07. The Morgan fingerprint density at radius 2 is 2.00 bits per heavy atom. The Labute approximate surface area is 137 Å². The molecule has 0 aliphatic carbocycles. The molecular weight excluding hydrogens is 314 g/mol. The highest BCUT2D eigenvalue weighted by Crippen LogP contribution is 2.20. The lowest BCUT2D eigenvalue weighted by atomic mass is 10.2. The Hall–Kier alpha value is -2.99. The third-order valence-electron chi connectivity index (χ3n) is 3.01. The summed E-state index contributed by atoms with van der Waals surface area (Å²) < 4.78 is 0. The largest absolute Gasteiger partial charge is 0.399 e. The number of carbonyl (C=O) groups excluding carboxylic acids is 1. The van der Waals surface area contributed by atoms with E-state index >= 15 is 0 Å². The predicted molar refractivity (Wildman–Crippen MR) is 89.1 cm³/mol. The van der Waals surface area contributed by atoms with Crippen molar-refractivity contribution in [3.8, 4) is 11.4 Å². The summed E-state index contributed by atoms with van der Waals surface area (Å²) in [5.41, 5.74) is 7.33. The topological polar surface area (TPSA) is 93.8 Å². The molecule has 2 aromatic heterocycles. The molecule has 23 heavy (non-hydrogen) atoms. The van der Waals surface area contributed by atoms with Crippen molar-refractivity contribution in [3.05, 3.63) is 65.6 Å². The Kier molecular flexibility index (Phi) is 4.16. The molecule has 7 heteroatoms. The molecule has 114 valence electrons. The number of nitrogens with two attached hydrogens (primary N) is 1. The van der Waals surface area contributed by atoms with Crippen LogP contribution >= 0.6 is 11.6 Å². The van der Waals surface area contributed by atoms with Crippen LogP contribution in [-0.2, 0) is 0 Å². The van der Waals surface area contributed by atoms with Crippen LogP contribution in [0.5, 0.6) is 0 Å². The summed E-state index contributed by atoms with van der Waals surface area (Å²) in [5.74, 6) is 0.356. The number of carbonyl (C=O) groups is 1. The van der Waals surface area contributed by atoms with Crippen LogP contribution in [0, 0.1) is 0 Å². The molecule has 2 heterocycles. The molecule has 0 unspecified atom stereocenters. The smallest absolute Gasteiger partial charge is 0.256 e. The van der Waals surface area contributed by atoms with Crippen molar-refractivity contribution >= 4 is 29.0 Å². The zero-order valence-corrected chi connectivity index (χ0v) is 12.7. The van der Waals surface area contributed by atoms with Crippen molar-refractivity contribution in [1.29, 1.82) is 0 Å². The van der Waals surface area contributed by atoms with E-state index in [0.29, 0.717) is 28.5 Å². The molecule has 0 fully saturated rings. The van der Waals surface area contributed by atoms with E-state index in [2.05, 4.69) is 20.3 Å². The number of aromatic nitrogens is 3. The minimum atomic E-state index is -0.329. The van der Waals surface area contributed by atoms with Gasteiger partial charge in [-0.25, -0.2) is 9.97 Å². The van der Waals surface area contributed by atoms with E-state index < -0.39 is 0 Å². The monoisotopic (exact) mass is 325 g/mol. The summed E-state index contributed by atoms with van der Waals surface area (Å²) in [5, 5.41) is 2.91. The highest BCUT2D eigenvalue weighted by molar-refractivity contribution is 6.29. The minimum absolute atomic E-state index is 0.224. The van der Waals surface area contributed by atoms with E-state index in [1.807, 2.05) is 6.07 Å². The molecule has 0 bridgehead atoms. The summed E-state index contributed by atoms with van der Waals surface area (Å²) in [6.45, 7) is 0. The normalized spacial score (nSPS) is 10.3. The number of amides is 1. The fraction of sp³-hybridized carbons (Fsp3) is 0. The van der Waals surface area contributed by atoms with E-state index in [1.54, 1.807) is 42.7 Å². The van der Waals surface area contributed by atoms with Crippen molar-refractivity contribution in [2.45, 2.75) is 0 Å².